The van der Waals surface area contributed by atoms with Crippen LogP contribution in [0.4, 0.5) is 10.2 Å². The molecule has 0 atom stereocenters. The molecule has 7 nitrogen and oxygen atoms in total. The van der Waals surface area contributed by atoms with Gasteiger partial charge in [0, 0.05) is 0 Å². The molecule has 0 spiro atoms. The summed E-state index contributed by atoms with van der Waals surface area (Å²) in [7, 11) is 0. The third-order valence-electron chi connectivity index (χ3n) is 1.39. The van der Waals surface area contributed by atoms with Gasteiger partial charge in [-0.2, -0.15) is 4.98 Å². The van der Waals surface area contributed by atoms with Gasteiger partial charge >= 0.3 is 5.69 Å². The molecular weight excluding hydrogens is 221 g/mol. The number of hydrogen-bond donors (Lipinski definition) is 4. The van der Waals surface area contributed by atoms with Gasteiger partial charge in [-0.15, -0.1) is 0 Å². The second kappa shape index (κ2) is 8.53. The molecule has 0 saturated heterocycles. The summed E-state index contributed by atoms with van der Waals surface area (Å²) in [5, 5.41) is 12.0. The van der Waals surface area contributed by atoms with Crippen molar-refractivity contribution in [3.8, 4) is 0 Å². The Labute approximate surface area is 89.9 Å². The Morgan fingerprint density at radius 2 is 2.00 bits per heavy atom. The van der Waals surface area contributed by atoms with Crippen molar-refractivity contribution >= 4 is 5.82 Å². The minimum atomic E-state index is -0.713. The normalized spacial score (nSPS) is 12.2. The lowest BCUT2D eigenvalue weighted by Gasteiger charge is -1.89. The molecule has 0 bridgehead atoms. The van der Waals surface area contributed by atoms with E-state index >= 15 is 0 Å². The lowest BCUT2D eigenvalue weighted by atomic mass is 10.6. The van der Waals surface area contributed by atoms with Crippen molar-refractivity contribution < 1.29 is 19.6 Å². The Hall–Kier alpha value is -1.77. The molecule has 8 heteroatoms. The standard InChI is InChI=1S/C4H4FN3O.C4H6O.H2O2/c5-2-1-7-4(9)8-3(2)6;1-2-4-5-3-1;1-2/h1H,(H3,6,7,8,9);1-2H,3-4H2;1-2H. The van der Waals surface area contributed by atoms with Gasteiger partial charge in [-0.3, -0.25) is 15.5 Å². The van der Waals surface area contributed by atoms with Crippen LogP contribution in [0.3, 0.4) is 0 Å². The maximum absolute atomic E-state index is 12.1. The van der Waals surface area contributed by atoms with Gasteiger partial charge in [-0.1, -0.05) is 12.2 Å². The minimum absolute atomic E-state index is 0.282. The first-order valence-electron chi connectivity index (χ1n) is 4.13. The maximum Gasteiger partial charge on any atom is 0.346 e. The monoisotopic (exact) mass is 233 g/mol. The van der Waals surface area contributed by atoms with E-state index in [1.165, 1.54) is 0 Å². The number of aromatic nitrogens is 2. The number of nitrogen functional groups attached to an aromatic ring is 1. The molecule has 0 radical (unpaired) electrons. The van der Waals surface area contributed by atoms with E-state index in [1.807, 2.05) is 17.1 Å². The molecule has 0 aromatic carbocycles. The molecule has 0 amide bonds. The average molecular weight is 233 g/mol. The van der Waals surface area contributed by atoms with Crippen molar-refractivity contribution in [2.75, 3.05) is 18.9 Å². The number of anilines is 1. The summed E-state index contributed by atoms with van der Waals surface area (Å²) in [4.78, 5) is 15.3. The highest BCUT2D eigenvalue weighted by atomic mass is 19.1. The predicted molar refractivity (Wildman–Crippen MR) is 54.4 cm³/mol. The summed E-state index contributed by atoms with van der Waals surface area (Å²) in [6.45, 7) is 1.64. The number of rotatable bonds is 0. The van der Waals surface area contributed by atoms with Gasteiger partial charge in [0.15, 0.2) is 5.82 Å². The summed E-state index contributed by atoms with van der Waals surface area (Å²) in [5.74, 6) is -0.996. The summed E-state index contributed by atoms with van der Waals surface area (Å²) in [5.41, 5.74) is 4.31. The summed E-state index contributed by atoms with van der Waals surface area (Å²) < 4.78 is 17.0. The zero-order chi connectivity index (χ0) is 12.4. The number of hydrogen-bond acceptors (Lipinski definition) is 6. The van der Waals surface area contributed by atoms with Crippen LogP contribution in [-0.4, -0.2) is 33.7 Å². The first-order valence-corrected chi connectivity index (χ1v) is 4.13. The van der Waals surface area contributed by atoms with Crippen LogP contribution < -0.4 is 11.4 Å². The van der Waals surface area contributed by atoms with E-state index in [1.54, 1.807) is 0 Å². The molecule has 90 valence electrons. The number of H-pyrrole nitrogens is 1. The molecule has 0 saturated carbocycles. The number of halogens is 1. The zero-order valence-corrected chi connectivity index (χ0v) is 8.26. The first kappa shape index (κ1) is 14.2. The number of nitrogens with two attached hydrogens (primary N) is 1. The van der Waals surface area contributed by atoms with Crippen LogP contribution in [0.5, 0.6) is 0 Å². The van der Waals surface area contributed by atoms with Crippen LogP contribution in [-0.2, 0) is 4.74 Å². The van der Waals surface area contributed by atoms with E-state index in [9.17, 15) is 9.18 Å². The van der Waals surface area contributed by atoms with E-state index in [0.717, 1.165) is 19.4 Å². The minimum Gasteiger partial charge on any atom is -0.383 e. The van der Waals surface area contributed by atoms with Crippen molar-refractivity contribution in [3.63, 3.8) is 0 Å². The Kier molecular flexibility index (Phi) is 7.59. The van der Waals surface area contributed by atoms with Crippen molar-refractivity contribution in [2.24, 2.45) is 0 Å². The van der Waals surface area contributed by atoms with Crippen molar-refractivity contribution in [1.29, 1.82) is 0 Å². The Balaban J connectivity index is 0.000000272. The van der Waals surface area contributed by atoms with Crippen molar-refractivity contribution in [1.82, 2.24) is 9.97 Å². The fraction of sp³-hybridized carbons (Fsp3) is 0.250. The van der Waals surface area contributed by atoms with Crippen LogP contribution >= 0.6 is 0 Å². The molecule has 1 aromatic heterocycles. The highest BCUT2D eigenvalue weighted by molar-refractivity contribution is 5.25. The SMILES string of the molecule is C1=CCOC1.Nc1[nH]c(=O)ncc1F.OO. The van der Waals surface area contributed by atoms with E-state index in [2.05, 4.69) is 4.98 Å². The third kappa shape index (κ3) is 5.86. The Morgan fingerprint density at radius 1 is 1.44 bits per heavy atom. The molecule has 0 fully saturated rings. The van der Waals surface area contributed by atoms with Gasteiger partial charge < -0.3 is 10.5 Å². The van der Waals surface area contributed by atoms with Crippen molar-refractivity contribution in [3.05, 3.63) is 34.7 Å². The molecule has 1 aliphatic rings. The quantitative estimate of drug-likeness (QED) is 0.286. The van der Waals surface area contributed by atoms with Crippen LogP contribution in [0.15, 0.2) is 23.1 Å². The smallest absolute Gasteiger partial charge is 0.346 e. The predicted octanol–water partition coefficient (Wildman–Crippen LogP) is 0.0814. The van der Waals surface area contributed by atoms with E-state index in [0.29, 0.717) is 0 Å². The maximum atomic E-state index is 12.1. The highest BCUT2D eigenvalue weighted by Gasteiger charge is 1.95. The first-order chi connectivity index (χ1) is 7.70. The number of nitrogens with zero attached hydrogens (tertiary/aromatic N) is 1. The van der Waals surface area contributed by atoms with Gasteiger partial charge in [0.2, 0.25) is 0 Å². The summed E-state index contributed by atoms with van der Waals surface area (Å²) in [6, 6.07) is 0. The molecule has 2 heterocycles. The second-order valence-electron chi connectivity index (χ2n) is 2.46. The molecule has 0 aliphatic carbocycles. The average Bonchev–Trinajstić information content (AvgIpc) is 2.85. The van der Waals surface area contributed by atoms with Crippen LogP contribution in [0, 0.1) is 5.82 Å². The topological polar surface area (TPSA) is 121 Å². The van der Waals surface area contributed by atoms with Gasteiger partial charge in [0.05, 0.1) is 19.4 Å². The lowest BCUT2D eigenvalue weighted by molar-refractivity contribution is -0.176. The van der Waals surface area contributed by atoms with Crippen molar-refractivity contribution in [2.45, 2.75) is 0 Å². The fourth-order valence-electron chi connectivity index (χ4n) is 0.732. The van der Waals surface area contributed by atoms with Gasteiger partial charge in [0.1, 0.15) is 5.82 Å². The van der Waals surface area contributed by atoms with Crippen LogP contribution in [0.1, 0.15) is 0 Å². The largest absolute Gasteiger partial charge is 0.383 e. The van der Waals surface area contributed by atoms with E-state index in [-0.39, 0.29) is 5.82 Å². The van der Waals surface area contributed by atoms with Crippen LogP contribution in [0.25, 0.3) is 0 Å². The number of ether oxygens (including phenoxy) is 1. The number of nitrogens with one attached hydrogen (secondary N) is 1. The second-order valence-corrected chi connectivity index (χ2v) is 2.46. The summed E-state index contributed by atoms with van der Waals surface area (Å²) >= 11 is 0. The summed E-state index contributed by atoms with van der Waals surface area (Å²) in [6.07, 6.45) is 4.80. The van der Waals surface area contributed by atoms with Gasteiger partial charge in [-0.05, 0) is 0 Å². The molecule has 0 unspecified atom stereocenters. The number of aromatic amines is 1. The lowest BCUT2D eigenvalue weighted by Crippen LogP contribution is -2.12. The molecule has 5 N–H and O–H groups in total. The van der Waals surface area contributed by atoms with Gasteiger partial charge in [0.25, 0.3) is 0 Å². The molecule has 16 heavy (non-hydrogen) atoms. The van der Waals surface area contributed by atoms with Gasteiger partial charge in [-0.25, -0.2) is 9.18 Å². The highest BCUT2D eigenvalue weighted by Crippen LogP contribution is 1.96. The van der Waals surface area contributed by atoms with Crippen LogP contribution in [0.2, 0.25) is 0 Å². The van der Waals surface area contributed by atoms with E-state index in [4.69, 9.17) is 21.0 Å². The zero-order valence-electron chi connectivity index (χ0n) is 8.26. The Bertz CT molecular complexity index is 374. The van der Waals surface area contributed by atoms with E-state index < -0.39 is 11.5 Å². The third-order valence-corrected chi connectivity index (χ3v) is 1.39. The molecule has 1 aliphatic heterocycles. The molecule has 1 aromatic rings. The fourth-order valence-corrected chi connectivity index (χ4v) is 0.732. The Morgan fingerprint density at radius 3 is 2.31 bits per heavy atom. The molecule has 2 rings (SSSR count). The molecular formula is C8H12FN3O4.